The number of hydrogen-bond donors (Lipinski definition) is 0. The normalized spacial score (nSPS) is 10.8. The van der Waals surface area contributed by atoms with Crippen molar-refractivity contribution in [2.45, 2.75) is 41.0 Å². The minimum Gasteiger partial charge on any atom is -0.366 e. The van der Waals surface area contributed by atoms with E-state index in [0.717, 1.165) is 46.4 Å². The molecule has 0 amide bonds. The number of alkyl halides is 1. The van der Waals surface area contributed by atoms with E-state index in [1.54, 1.807) is 29.9 Å². The maximum absolute atomic E-state index is 11.0. The number of carbonyl (C=O) groups is 1. The van der Waals surface area contributed by atoms with Gasteiger partial charge in [0.2, 0.25) is 0 Å². The minimum atomic E-state index is -0.0440. The average molecular weight is 595 g/mol. The van der Waals surface area contributed by atoms with Crippen LogP contribution in [-0.2, 0) is 6.42 Å². The van der Waals surface area contributed by atoms with E-state index in [9.17, 15) is 4.79 Å². The first-order valence-electron chi connectivity index (χ1n) is 12.2. The molecule has 3 heterocycles. The summed E-state index contributed by atoms with van der Waals surface area (Å²) >= 11 is 4.72. The van der Waals surface area contributed by atoms with Gasteiger partial charge in [0.25, 0.3) is 0 Å². The molecule has 3 aromatic heterocycles. The molecule has 8 nitrogen and oxygen atoms in total. The fraction of sp³-hybridized carbons (Fsp3) is 0.321. The molecule has 4 rings (SSSR count). The fourth-order valence-corrected chi connectivity index (χ4v) is 4.33. The molecule has 0 bridgehead atoms. The van der Waals surface area contributed by atoms with Crippen LogP contribution in [0.1, 0.15) is 50.5 Å². The lowest BCUT2D eigenvalue weighted by atomic mass is 10.0. The van der Waals surface area contributed by atoms with Gasteiger partial charge in [-0.1, -0.05) is 22.0 Å². The third-order valence-electron chi connectivity index (χ3n) is 5.67. The molecule has 0 unspecified atom stereocenters. The van der Waals surface area contributed by atoms with Crippen LogP contribution in [0.2, 0.25) is 0 Å². The van der Waals surface area contributed by atoms with E-state index in [4.69, 9.17) is 4.98 Å². The van der Waals surface area contributed by atoms with Crippen molar-refractivity contribution in [2.24, 2.45) is 4.99 Å². The Morgan fingerprint density at radius 1 is 0.974 bits per heavy atom. The summed E-state index contributed by atoms with van der Waals surface area (Å²) in [5.41, 5.74) is 8.56. The van der Waals surface area contributed by atoms with Crippen molar-refractivity contribution in [3.8, 4) is 11.4 Å². The topological polar surface area (TPSA) is 97.1 Å². The highest BCUT2D eigenvalue weighted by Crippen LogP contribution is 2.27. The molecule has 0 fully saturated rings. The van der Waals surface area contributed by atoms with Crippen LogP contribution in [-0.4, -0.2) is 60.9 Å². The van der Waals surface area contributed by atoms with Crippen molar-refractivity contribution in [3.63, 3.8) is 0 Å². The first kappa shape index (κ1) is 29.2. The molecule has 38 heavy (non-hydrogen) atoms. The van der Waals surface area contributed by atoms with E-state index in [0.29, 0.717) is 11.0 Å². The first-order valence-corrected chi connectivity index (χ1v) is 14.2. The molecule has 198 valence electrons. The Kier molecular flexibility index (Phi) is 10.7. The number of benzene rings is 1. The van der Waals surface area contributed by atoms with Crippen molar-refractivity contribution in [1.29, 1.82) is 0 Å². The summed E-state index contributed by atoms with van der Waals surface area (Å²) in [5, 5.41) is 3.43. The molecule has 0 radical (unpaired) electrons. The third-order valence-corrected chi connectivity index (χ3v) is 7.03. The lowest BCUT2D eigenvalue weighted by Gasteiger charge is -2.11. The fourth-order valence-electron chi connectivity index (χ4n) is 3.24. The molecule has 0 aliphatic rings. The molecule has 0 aliphatic carbocycles. The van der Waals surface area contributed by atoms with Crippen LogP contribution in [0, 0.1) is 27.7 Å². The van der Waals surface area contributed by atoms with Crippen molar-refractivity contribution in [1.82, 2.24) is 29.8 Å². The number of thiazole rings is 1. The number of aromatic nitrogens is 5. The van der Waals surface area contributed by atoms with Crippen molar-refractivity contribution in [2.75, 3.05) is 18.9 Å². The number of aryl methyl sites for hydroxylation is 4. The van der Waals surface area contributed by atoms with Crippen LogP contribution >= 0.6 is 27.3 Å². The van der Waals surface area contributed by atoms with E-state index >= 15 is 0 Å². The summed E-state index contributed by atoms with van der Waals surface area (Å²) in [6.45, 7) is 11.1. The highest BCUT2D eigenvalue weighted by Gasteiger charge is 2.10. The van der Waals surface area contributed by atoms with Crippen molar-refractivity contribution >= 4 is 45.1 Å². The van der Waals surface area contributed by atoms with Gasteiger partial charge in [0.05, 0.1) is 46.1 Å². The summed E-state index contributed by atoms with van der Waals surface area (Å²) in [7, 11) is 2.03. The number of hydrogen-bond acceptors (Lipinski definition) is 8. The maximum Gasteiger partial charge on any atom is 0.193 e. The summed E-state index contributed by atoms with van der Waals surface area (Å²) in [5.74, 6) is -0.0440. The van der Waals surface area contributed by atoms with Gasteiger partial charge in [-0.05, 0) is 57.4 Å². The standard InChI is InChI=1S/C21H25N5S.C7H7BrN2O/c1-6-26(5)13-24-18-8-14(2)17(7-15(18)3)9-21-25-20(12-27-21)19-11-22-16(4)10-23-19;1-5-3-10-6(4-9-5)7(11)2-8/h7-8,10-13H,6,9H2,1-5H3;3-4H,2H2,1H3. The lowest BCUT2D eigenvalue weighted by Crippen LogP contribution is -2.14. The Bertz CT molecular complexity index is 1390. The number of rotatable bonds is 8. The smallest absolute Gasteiger partial charge is 0.193 e. The van der Waals surface area contributed by atoms with Crippen LogP contribution in [0.5, 0.6) is 0 Å². The Morgan fingerprint density at radius 2 is 1.68 bits per heavy atom. The van der Waals surface area contributed by atoms with Crippen LogP contribution in [0.3, 0.4) is 0 Å². The van der Waals surface area contributed by atoms with Gasteiger partial charge in [-0.3, -0.25) is 19.7 Å². The zero-order chi connectivity index (χ0) is 27.7. The van der Waals surface area contributed by atoms with Gasteiger partial charge in [0.15, 0.2) is 5.78 Å². The predicted octanol–water partition coefficient (Wildman–Crippen LogP) is 6.09. The quantitative estimate of drug-likeness (QED) is 0.105. The third kappa shape index (κ3) is 8.32. The highest BCUT2D eigenvalue weighted by molar-refractivity contribution is 9.09. The molecule has 0 saturated carbocycles. The first-order chi connectivity index (χ1) is 18.2. The summed E-state index contributed by atoms with van der Waals surface area (Å²) < 4.78 is 0. The van der Waals surface area contributed by atoms with E-state index in [1.165, 1.54) is 22.9 Å². The van der Waals surface area contributed by atoms with Crippen LogP contribution in [0.25, 0.3) is 11.4 Å². The molecule has 4 aromatic rings. The number of aliphatic imine (C=N–C) groups is 1. The Morgan fingerprint density at radius 3 is 2.29 bits per heavy atom. The molecule has 0 atom stereocenters. The molecule has 1 aromatic carbocycles. The van der Waals surface area contributed by atoms with Gasteiger partial charge < -0.3 is 4.90 Å². The molecular formula is C28H32BrN7OS. The van der Waals surface area contributed by atoms with Gasteiger partial charge in [-0.15, -0.1) is 11.3 Å². The number of carbonyl (C=O) groups excluding carboxylic acids is 1. The zero-order valence-electron chi connectivity index (χ0n) is 22.6. The van der Waals surface area contributed by atoms with Gasteiger partial charge in [0.1, 0.15) is 17.1 Å². The summed E-state index contributed by atoms with van der Waals surface area (Å²) in [6.07, 6.45) is 9.32. The second-order valence-electron chi connectivity index (χ2n) is 8.83. The van der Waals surface area contributed by atoms with Crippen LogP contribution in [0.4, 0.5) is 5.69 Å². The summed E-state index contributed by atoms with van der Waals surface area (Å²) in [6, 6.07) is 4.38. The van der Waals surface area contributed by atoms with Crippen molar-refractivity contribution < 1.29 is 4.79 Å². The zero-order valence-corrected chi connectivity index (χ0v) is 25.0. The van der Waals surface area contributed by atoms with E-state index in [-0.39, 0.29) is 5.78 Å². The lowest BCUT2D eigenvalue weighted by molar-refractivity contribution is 0.101. The predicted molar refractivity (Wildman–Crippen MR) is 158 cm³/mol. The Labute approximate surface area is 236 Å². The second-order valence-corrected chi connectivity index (χ2v) is 10.3. The van der Waals surface area contributed by atoms with E-state index in [1.807, 2.05) is 27.2 Å². The number of Topliss-reactive ketones (excluding diaryl/α,β-unsaturated/α-hetero) is 1. The summed E-state index contributed by atoms with van der Waals surface area (Å²) in [4.78, 5) is 39.0. The second kappa shape index (κ2) is 14.0. The largest absolute Gasteiger partial charge is 0.366 e. The number of ketones is 1. The SMILES string of the molecule is CCN(C)C=Nc1cc(C)c(Cc2nc(-c3cnc(C)cn3)cs2)cc1C.Cc1cnc(C(=O)CBr)cn1. The van der Waals surface area contributed by atoms with Gasteiger partial charge in [0, 0.05) is 37.8 Å². The average Bonchev–Trinajstić information content (AvgIpc) is 3.38. The molecule has 0 aliphatic heterocycles. The van der Waals surface area contributed by atoms with Crippen LogP contribution in [0.15, 0.2) is 47.3 Å². The van der Waals surface area contributed by atoms with Crippen LogP contribution < -0.4 is 0 Å². The number of halogens is 1. The van der Waals surface area contributed by atoms with Crippen molar-refractivity contribution in [3.05, 3.63) is 81.1 Å². The molecular weight excluding hydrogens is 562 g/mol. The molecule has 0 spiro atoms. The van der Waals surface area contributed by atoms with E-state index < -0.39 is 0 Å². The van der Waals surface area contributed by atoms with E-state index in [2.05, 4.69) is 84.0 Å². The number of nitrogens with zero attached hydrogens (tertiary/aromatic N) is 7. The van der Waals surface area contributed by atoms with Gasteiger partial charge in [-0.2, -0.15) is 0 Å². The highest BCUT2D eigenvalue weighted by atomic mass is 79.9. The monoisotopic (exact) mass is 593 g/mol. The minimum absolute atomic E-state index is 0.0440. The maximum atomic E-state index is 11.0. The molecule has 0 N–H and O–H groups in total. The molecule has 0 saturated heterocycles. The van der Waals surface area contributed by atoms with Gasteiger partial charge in [-0.25, -0.2) is 15.0 Å². The van der Waals surface area contributed by atoms with Gasteiger partial charge >= 0.3 is 0 Å². The Balaban J connectivity index is 0.000000304. The Hall–Kier alpha value is -3.37. The molecule has 10 heteroatoms.